The third-order valence-corrected chi connectivity index (χ3v) is 2.78. The zero-order valence-electron chi connectivity index (χ0n) is 10.2. The molecule has 0 aromatic heterocycles. The van der Waals surface area contributed by atoms with Gasteiger partial charge < -0.3 is 5.11 Å². The minimum Gasteiger partial charge on any atom is -0.481 e. The Morgan fingerprint density at radius 1 is 1.29 bits per heavy atom. The van der Waals surface area contributed by atoms with Crippen LogP contribution in [0.4, 0.5) is 4.39 Å². The summed E-state index contributed by atoms with van der Waals surface area (Å²) in [6.07, 6.45) is 5.23. The summed E-state index contributed by atoms with van der Waals surface area (Å²) in [6, 6.07) is 4.87. The lowest BCUT2D eigenvalue weighted by Crippen LogP contribution is -2.03. The molecule has 0 unspecified atom stereocenters. The van der Waals surface area contributed by atoms with Gasteiger partial charge in [-0.25, -0.2) is 4.39 Å². The summed E-state index contributed by atoms with van der Waals surface area (Å²) >= 11 is 0. The highest BCUT2D eigenvalue weighted by molar-refractivity contribution is 5.70. The van der Waals surface area contributed by atoms with Gasteiger partial charge in [-0.15, -0.1) is 0 Å². The van der Waals surface area contributed by atoms with Gasteiger partial charge >= 0.3 is 5.97 Å². The van der Waals surface area contributed by atoms with Gasteiger partial charge in [0.1, 0.15) is 5.82 Å². The summed E-state index contributed by atoms with van der Waals surface area (Å²) in [5, 5.41) is 8.59. The Morgan fingerprint density at radius 2 is 2.06 bits per heavy atom. The molecule has 0 radical (unpaired) electrons. The maximum absolute atomic E-state index is 13.5. The fourth-order valence-electron chi connectivity index (χ4n) is 1.81. The van der Waals surface area contributed by atoms with E-state index in [1.54, 1.807) is 6.07 Å². The van der Waals surface area contributed by atoms with Crippen molar-refractivity contribution < 1.29 is 14.3 Å². The number of carboxylic acids is 1. The molecule has 0 amide bonds. The van der Waals surface area contributed by atoms with Crippen LogP contribution in [0.2, 0.25) is 0 Å². The number of carbonyl (C=O) groups is 1. The van der Waals surface area contributed by atoms with Gasteiger partial charge in [-0.1, -0.05) is 38.3 Å². The maximum atomic E-state index is 13.5. The summed E-state index contributed by atoms with van der Waals surface area (Å²) in [7, 11) is 0. The van der Waals surface area contributed by atoms with Crippen molar-refractivity contribution in [1.29, 1.82) is 0 Å². The third kappa shape index (κ3) is 4.98. The zero-order valence-corrected chi connectivity index (χ0v) is 10.2. The molecule has 1 aromatic carbocycles. The number of aryl methyl sites for hydroxylation is 1. The molecule has 1 rings (SSSR count). The number of carboxylic acid groups (broad SMARTS) is 1. The molecule has 0 fully saturated rings. The highest BCUT2D eigenvalue weighted by Crippen LogP contribution is 2.14. The highest BCUT2D eigenvalue weighted by atomic mass is 19.1. The number of unbranched alkanes of at least 4 members (excludes halogenated alkanes) is 3. The fourth-order valence-corrected chi connectivity index (χ4v) is 1.81. The molecule has 0 heterocycles. The fraction of sp³-hybridized carbons (Fsp3) is 0.500. The van der Waals surface area contributed by atoms with Crippen molar-refractivity contribution in [2.75, 3.05) is 0 Å². The molecule has 1 aromatic rings. The number of rotatable bonds is 7. The van der Waals surface area contributed by atoms with Crippen molar-refractivity contribution in [3.8, 4) is 0 Å². The van der Waals surface area contributed by atoms with Crippen LogP contribution >= 0.6 is 0 Å². The molecule has 2 nitrogen and oxygen atoms in total. The first-order valence-corrected chi connectivity index (χ1v) is 6.12. The molecule has 0 aliphatic heterocycles. The number of aliphatic carboxylic acids is 1. The predicted octanol–water partition coefficient (Wildman–Crippen LogP) is 3.58. The standard InChI is InChI=1S/C14H19FO2/c1-2-3-4-5-6-11-7-8-12(10-14(16)17)13(15)9-11/h7-9H,2-6,10H2,1H3,(H,16,17). The van der Waals surface area contributed by atoms with Gasteiger partial charge in [0.2, 0.25) is 0 Å². The Morgan fingerprint density at radius 3 is 2.65 bits per heavy atom. The summed E-state index contributed by atoms with van der Waals surface area (Å²) in [5.41, 5.74) is 1.21. The average molecular weight is 238 g/mol. The molecule has 0 aliphatic carbocycles. The summed E-state index contributed by atoms with van der Waals surface area (Å²) in [6.45, 7) is 2.15. The molecular formula is C14H19FO2. The second kappa shape index (κ2) is 7.05. The van der Waals surface area contributed by atoms with Crippen LogP contribution in [0.3, 0.4) is 0 Å². The molecule has 17 heavy (non-hydrogen) atoms. The summed E-state index contributed by atoms with van der Waals surface area (Å²) < 4.78 is 13.5. The van der Waals surface area contributed by atoms with E-state index in [4.69, 9.17) is 5.11 Å². The Bertz CT molecular complexity index is 374. The van der Waals surface area contributed by atoms with Crippen LogP contribution in [0.1, 0.15) is 43.7 Å². The van der Waals surface area contributed by atoms with Crippen LogP contribution in [-0.2, 0) is 17.6 Å². The number of halogens is 1. The molecule has 1 N–H and O–H groups in total. The number of benzene rings is 1. The van der Waals surface area contributed by atoms with Crippen LogP contribution in [0.5, 0.6) is 0 Å². The Labute approximate surface area is 101 Å². The molecule has 0 saturated heterocycles. The first-order chi connectivity index (χ1) is 8.13. The molecule has 94 valence electrons. The SMILES string of the molecule is CCCCCCc1ccc(CC(=O)O)c(F)c1. The average Bonchev–Trinajstić information content (AvgIpc) is 2.27. The van der Waals surface area contributed by atoms with Gasteiger partial charge in [0.15, 0.2) is 0 Å². The van der Waals surface area contributed by atoms with Crippen molar-refractivity contribution in [1.82, 2.24) is 0 Å². The number of hydrogen-bond acceptors (Lipinski definition) is 1. The molecule has 0 atom stereocenters. The van der Waals surface area contributed by atoms with Crippen LogP contribution < -0.4 is 0 Å². The highest BCUT2D eigenvalue weighted by Gasteiger charge is 2.07. The maximum Gasteiger partial charge on any atom is 0.307 e. The van der Waals surface area contributed by atoms with Crippen LogP contribution in [0.25, 0.3) is 0 Å². The van der Waals surface area contributed by atoms with E-state index in [9.17, 15) is 9.18 Å². The zero-order chi connectivity index (χ0) is 12.7. The van der Waals surface area contributed by atoms with E-state index in [-0.39, 0.29) is 12.0 Å². The van der Waals surface area contributed by atoms with Crippen molar-refractivity contribution in [2.45, 2.75) is 45.4 Å². The van der Waals surface area contributed by atoms with E-state index in [2.05, 4.69) is 6.92 Å². The van der Waals surface area contributed by atoms with Crippen LogP contribution in [0, 0.1) is 5.82 Å². The topological polar surface area (TPSA) is 37.3 Å². The van der Waals surface area contributed by atoms with Crippen molar-refractivity contribution in [3.63, 3.8) is 0 Å². The lowest BCUT2D eigenvalue weighted by molar-refractivity contribution is -0.136. The van der Waals surface area contributed by atoms with Gasteiger partial charge in [0.25, 0.3) is 0 Å². The molecule has 0 bridgehead atoms. The third-order valence-electron chi connectivity index (χ3n) is 2.78. The van der Waals surface area contributed by atoms with Gasteiger partial charge in [0, 0.05) is 0 Å². The van der Waals surface area contributed by atoms with E-state index in [0.29, 0.717) is 0 Å². The first kappa shape index (κ1) is 13.7. The smallest absolute Gasteiger partial charge is 0.307 e. The Hall–Kier alpha value is -1.38. The Balaban J connectivity index is 2.53. The second-order valence-corrected chi connectivity index (χ2v) is 4.31. The minimum atomic E-state index is -1.00. The monoisotopic (exact) mass is 238 g/mol. The number of hydrogen-bond donors (Lipinski definition) is 1. The van der Waals surface area contributed by atoms with E-state index < -0.39 is 11.8 Å². The van der Waals surface area contributed by atoms with E-state index >= 15 is 0 Å². The van der Waals surface area contributed by atoms with Crippen molar-refractivity contribution >= 4 is 5.97 Å². The van der Waals surface area contributed by atoms with E-state index in [1.807, 2.05) is 6.07 Å². The molecule has 3 heteroatoms. The molecular weight excluding hydrogens is 219 g/mol. The first-order valence-electron chi connectivity index (χ1n) is 6.12. The second-order valence-electron chi connectivity index (χ2n) is 4.31. The van der Waals surface area contributed by atoms with Crippen LogP contribution in [-0.4, -0.2) is 11.1 Å². The summed E-state index contributed by atoms with van der Waals surface area (Å²) in [5.74, 6) is -1.40. The van der Waals surface area contributed by atoms with Gasteiger partial charge in [-0.3, -0.25) is 4.79 Å². The predicted molar refractivity (Wildman–Crippen MR) is 65.6 cm³/mol. The molecule has 0 spiro atoms. The lowest BCUT2D eigenvalue weighted by Gasteiger charge is -2.04. The van der Waals surface area contributed by atoms with Crippen molar-refractivity contribution in [3.05, 3.63) is 35.1 Å². The van der Waals surface area contributed by atoms with Crippen molar-refractivity contribution in [2.24, 2.45) is 0 Å². The summed E-state index contributed by atoms with van der Waals surface area (Å²) in [4.78, 5) is 10.5. The Kier molecular flexibility index (Phi) is 5.67. The molecule has 0 aliphatic rings. The normalized spacial score (nSPS) is 10.5. The van der Waals surface area contributed by atoms with Gasteiger partial charge in [-0.05, 0) is 30.0 Å². The van der Waals surface area contributed by atoms with E-state index in [1.165, 1.54) is 18.9 Å². The molecule has 0 saturated carbocycles. The quantitative estimate of drug-likeness (QED) is 0.737. The van der Waals surface area contributed by atoms with E-state index in [0.717, 1.165) is 24.8 Å². The van der Waals surface area contributed by atoms with Crippen LogP contribution in [0.15, 0.2) is 18.2 Å². The van der Waals surface area contributed by atoms with Gasteiger partial charge in [-0.2, -0.15) is 0 Å². The minimum absolute atomic E-state index is 0.248. The van der Waals surface area contributed by atoms with Gasteiger partial charge in [0.05, 0.1) is 6.42 Å². The largest absolute Gasteiger partial charge is 0.481 e. The lowest BCUT2D eigenvalue weighted by atomic mass is 10.0.